The quantitative estimate of drug-likeness (QED) is 0.897. The van der Waals surface area contributed by atoms with Crippen LogP contribution in [0.15, 0.2) is 0 Å². The molecule has 0 aromatic carbocycles. The Morgan fingerprint density at radius 1 is 1.30 bits per heavy atom. The Bertz CT molecular complexity index is 426. The lowest BCUT2D eigenvalue weighted by Gasteiger charge is -2.25. The molecule has 0 aliphatic carbocycles. The van der Waals surface area contributed by atoms with Crippen molar-refractivity contribution in [2.24, 2.45) is 0 Å². The fourth-order valence-corrected chi connectivity index (χ4v) is 3.32. The molecule has 5 nitrogen and oxygen atoms in total. The van der Waals surface area contributed by atoms with E-state index >= 15 is 0 Å². The number of aryl methyl sites for hydroxylation is 1. The van der Waals surface area contributed by atoms with Crippen LogP contribution in [0, 0.1) is 0 Å². The zero-order valence-electron chi connectivity index (χ0n) is 12.5. The second-order valence-corrected chi connectivity index (χ2v) is 5.95. The summed E-state index contributed by atoms with van der Waals surface area (Å²) in [6, 6.07) is 0.390. The Labute approximate surface area is 121 Å². The number of hydrogen-bond acceptors (Lipinski definition) is 4. The van der Waals surface area contributed by atoms with Gasteiger partial charge in [-0.1, -0.05) is 13.3 Å². The van der Waals surface area contributed by atoms with Crippen molar-refractivity contribution < 1.29 is 4.74 Å². The summed E-state index contributed by atoms with van der Waals surface area (Å²) < 4.78 is 8.14. The highest BCUT2D eigenvalue weighted by atomic mass is 16.5. The lowest BCUT2D eigenvalue weighted by Crippen LogP contribution is -2.34. The molecule has 2 aliphatic rings. The molecule has 1 N–H and O–H groups in total. The van der Waals surface area contributed by atoms with E-state index in [-0.39, 0.29) is 0 Å². The van der Waals surface area contributed by atoms with Gasteiger partial charge in [-0.3, -0.25) is 0 Å². The molecule has 20 heavy (non-hydrogen) atoms. The summed E-state index contributed by atoms with van der Waals surface area (Å²) in [6.45, 7) is 5.19. The van der Waals surface area contributed by atoms with Crippen molar-refractivity contribution in [1.29, 1.82) is 0 Å². The smallest absolute Gasteiger partial charge is 0.150 e. The third-order valence-electron chi connectivity index (χ3n) is 4.44. The Balaban J connectivity index is 1.62. The van der Waals surface area contributed by atoms with Crippen LogP contribution in [0.3, 0.4) is 0 Å². The molecule has 5 heteroatoms. The van der Waals surface area contributed by atoms with E-state index in [4.69, 9.17) is 4.74 Å². The molecular weight excluding hydrogens is 252 g/mol. The molecule has 1 fully saturated rings. The van der Waals surface area contributed by atoms with E-state index in [1.807, 2.05) is 0 Å². The average molecular weight is 278 g/mol. The average Bonchev–Trinajstić information content (AvgIpc) is 2.91. The first-order valence-corrected chi connectivity index (χ1v) is 8.15. The molecule has 1 aromatic rings. The van der Waals surface area contributed by atoms with Crippen LogP contribution in [0.4, 0.5) is 0 Å². The lowest BCUT2D eigenvalue weighted by atomic mass is 10.0. The zero-order valence-corrected chi connectivity index (χ0v) is 12.5. The fraction of sp³-hybridized carbons (Fsp3) is 0.867. The van der Waals surface area contributed by atoms with E-state index in [1.54, 1.807) is 0 Å². The highest BCUT2D eigenvalue weighted by Gasteiger charge is 2.24. The van der Waals surface area contributed by atoms with Crippen LogP contribution >= 0.6 is 0 Å². The van der Waals surface area contributed by atoms with Crippen molar-refractivity contribution in [2.45, 2.75) is 70.6 Å². The van der Waals surface area contributed by atoms with Crippen molar-refractivity contribution in [3.8, 4) is 0 Å². The summed E-state index contributed by atoms with van der Waals surface area (Å²) in [5.74, 6) is 2.29. The van der Waals surface area contributed by atoms with Gasteiger partial charge in [-0.2, -0.15) is 0 Å². The van der Waals surface area contributed by atoms with Gasteiger partial charge in [-0.05, 0) is 32.1 Å². The highest BCUT2D eigenvalue weighted by Crippen LogP contribution is 2.23. The van der Waals surface area contributed by atoms with Gasteiger partial charge in [0.2, 0.25) is 0 Å². The van der Waals surface area contributed by atoms with Gasteiger partial charge in [0.15, 0.2) is 0 Å². The first kappa shape index (κ1) is 14.0. The van der Waals surface area contributed by atoms with Gasteiger partial charge < -0.3 is 14.6 Å². The number of fused-ring (bicyclic) bond motifs is 1. The van der Waals surface area contributed by atoms with Crippen LogP contribution in [0.25, 0.3) is 0 Å². The first-order valence-electron chi connectivity index (χ1n) is 8.15. The van der Waals surface area contributed by atoms with Crippen LogP contribution < -0.4 is 5.32 Å². The minimum Gasteiger partial charge on any atom is -0.378 e. The van der Waals surface area contributed by atoms with Crippen LogP contribution in [0.2, 0.25) is 0 Å². The maximum Gasteiger partial charge on any atom is 0.150 e. The molecule has 2 aliphatic heterocycles. The number of nitrogens with one attached hydrogen (secondary N) is 1. The van der Waals surface area contributed by atoms with E-state index in [2.05, 4.69) is 27.0 Å². The van der Waals surface area contributed by atoms with Crippen LogP contribution in [-0.2, 0) is 17.7 Å². The van der Waals surface area contributed by atoms with Crippen molar-refractivity contribution in [3.05, 3.63) is 11.6 Å². The zero-order chi connectivity index (χ0) is 13.8. The van der Waals surface area contributed by atoms with Gasteiger partial charge in [-0.15, -0.1) is 10.2 Å². The maximum atomic E-state index is 5.81. The minimum atomic E-state index is 0.390. The number of hydrogen-bond donors (Lipinski definition) is 1. The molecule has 3 heterocycles. The van der Waals surface area contributed by atoms with Gasteiger partial charge >= 0.3 is 0 Å². The van der Waals surface area contributed by atoms with Crippen LogP contribution in [0.5, 0.6) is 0 Å². The van der Waals surface area contributed by atoms with Crippen LogP contribution in [0.1, 0.15) is 63.1 Å². The van der Waals surface area contributed by atoms with E-state index in [9.17, 15) is 0 Å². The van der Waals surface area contributed by atoms with Gasteiger partial charge in [-0.25, -0.2) is 0 Å². The standard InChI is InChI=1S/C15H26N4O/c1-2-5-13-15-18-17-14(19(15)10-9-16-13)8-7-12-6-3-4-11-20-12/h12-13,16H,2-11H2,1H3. The van der Waals surface area contributed by atoms with Crippen molar-refractivity contribution in [1.82, 2.24) is 20.1 Å². The monoisotopic (exact) mass is 278 g/mol. The molecule has 0 amide bonds. The van der Waals surface area contributed by atoms with E-state index in [0.29, 0.717) is 12.1 Å². The summed E-state index contributed by atoms with van der Waals surface area (Å²) in [6.07, 6.45) is 8.58. The molecule has 0 radical (unpaired) electrons. The van der Waals surface area contributed by atoms with Gasteiger partial charge in [0.05, 0.1) is 12.1 Å². The molecule has 0 bridgehead atoms. The molecule has 112 valence electrons. The first-order chi connectivity index (χ1) is 9.88. The normalized spacial score (nSPS) is 26.4. The number of rotatable bonds is 5. The molecule has 0 spiro atoms. The van der Waals surface area contributed by atoms with E-state index in [1.165, 1.54) is 25.7 Å². The summed E-state index contributed by atoms with van der Waals surface area (Å²) in [5, 5.41) is 12.4. The third kappa shape index (κ3) is 3.04. The molecule has 1 aromatic heterocycles. The maximum absolute atomic E-state index is 5.81. The Morgan fingerprint density at radius 2 is 2.25 bits per heavy atom. The summed E-state index contributed by atoms with van der Waals surface area (Å²) in [7, 11) is 0. The highest BCUT2D eigenvalue weighted by molar-refractivity contribution is 5.04. The SMILES string of the molecule is CCCC1NCCn2c(CCC3CCCCO3)nnc21. The second-order valence-electron chi connectivity index (χ2n) is 5.95. The molecular formula is C15H26N4O. The van der Waals surface area contributed by atoms with Crippen molar-refractivity contribution >= 4 is 0 Å². The van der Waals surface area contributed by atoms with Gasteiger partial charge in [0.1, 0.15) is 11.6 Å². The van der Waals surface area contributed by atoms with Crippen molar-refractivity contribution in [2.75, 3.05) is 13.2 Å². The molecule has 2 unspecified atom stereocenters. The Kier molecular flexibility index (Phi) is 4.68. The van der Waals surface area contributed by atoms with Gasteiger partial charge in [0, 0.05) is 26.1 Å². The fourth-order valence-electron chi connectivity index (χ4n) is 3.32. The second kappa shape index (κ2) is 6.68. The number of aromatic nitrogens is 3. The summed E-state index contributed by atoms with van der Waals surface area (Å²) in [4.78, 5) is 0. The molecule has 2 atom stereocenters. The van der Waals surface area contributed by atoms with Gasteiger partial charge in [0.25, 0.3) is 0 Å². The Hall–Kier alpha value is -0.940. The predicted octanol–water partition coefficient (Wildman–Crippen LogP) is 2.22. The van der Waals surface area contributed by atoms with E-state index in [0.717, 1.165) is 50.6 Å². The topological polar surface area (TPSA) is 52.0 Å². The molecule has 1 saturated heterocycles. The summed E-state index contributed by atoms with van der Waals surface area (Å²) >= 11 is 0. The van der Waals surface area contributed by atoms with E-state index < -0.39 is 0 Å². The third-order valence-corrected chi connectivity index (χ3v) is 4.44. The number of ether oxygens (including phenoxy) is 1. The predicted molar refractivity (Wildman–Crippen MR) is 77.6 cm³/mol. The van der Waals surface area contributed by atoms with Crippen LogP contribution in [-0.4, -0.2) is 34.0 Å². The lowest BCUT2D eigenvalue weighted by molar-refractivity contribution is 0.0111. The Morgan fingerprint density at radius 3 is 3.05 bits per heavy atom. The number of nitrogens with zero attached hydrogens (tertiary/aromatic N) is 3. The molecule has 3 rings (SSSR count). The molecule has 0 saturated carbocycles. The largest absolute Gasteiger partial charge is 0.378 e. The summed E-state index contributed by atoms with van der Waals surface area (Å²) in [5.41, 5.74) is 0. The minimum absolute atomic E-state index is 0.390. The van der Waals surface area contributed by atoms with Crippen molar-refractivity contribution in [3.63, 3.8) is 0 Å².